The van der Waals surface area contributed by atoms with Crippen LogP contribution in [0.5, 0.6) is 5.75 Å². The number of fused-ring (bicyclic) bond motifs is 1. The van der Waals surface area contributed by atoms with Gasteiger partial charge in [-0.2, -0.15) is 5.10 Å². The Kier molecular flexibility index (Phi) is 5.29. The number of para-hydroxylation sites is 2. The summed E-state index contributed by atoms with van der Waals surface area (Å²) < 4.78 is 7.05. The van der Waals surface area contributed by atoms with Crippen LogP contribution in [0.1, 0.15) is 5.69 Å². The molecule has 0 atom stereocenters. The van der Waals surface area contributed by atoms with Crippen LogP contribution in [0.15, 0.2) is 76.3 Å². The van der Waals surface area contributed by atoms with Crippen LogP contribution in [-0.2, 0) is 4.79 Å². The summed E-state index contributed by atoms with van der Waals surface area (Å²) >= 11 is 1.29. The molecule has 0 fully saturated rings. The first-order chi connectivity index (χ1) is 16.1. The van der Waals surface area contributed by atoms with Crippen molar-refractivity contribution in [3.63, 3.8) is 0 Å². The number of carbonyl (C=O) groups excluding carboxylic acids is 1. The topological polar surface area (TPSA) is 127 Å². The van der Waals surface area contributed by atoms with Gasteiger partial charge in [0.1, 0.15) is 11.4 Å². The molecular weight excluding hydrogens is 444 g/mol. The third-order valence-electron chi connectivity index (χ3n) is 4.82. The molecule has 0 radical (unpaired) electrons. The second-order valence-electron chi connectivity index (χ2n) is 6.99. The van der Waals surface area contributed by atoms with E-state index in [9.17, 15) is 14.9 Å². The molecule has 11 heteroatoms. The van der Waals surface area contributed by atoms with Crippen molar-refractivity contribution in [2.24, 2.45) is 10.1 Å². The van der Waals surface area contributed by atoms with Gasteiger partial charge in [0.15, 0.2) is 6.61 Å². The maximum Gasteiger partial charge on any atom is 0.294 e. The second-order valence-corrected chi connectivity index (χ2v) is 7.83. The first-order valence-corrected chi connectivity index (χ1v) is 10.7. The van der Waals surface area contributed by atoms with E-state index >= 15 is 0 Å². The molecule has 0 bridgehead atoms. The van der Waals surface area contributed by atoms with Crippen molar-refractivity contribution >= 4 is 40.5 Å². The van der Waals surface area contributed by atoms with Gasteiger partial charge in [-0.3, -0.25) is 14.9 Å². The summed E-state index contributed by atoms with van der Waals surface area (Å²) in [5.74, 6) is 0.356. The van der Waals surface area contributed by atoms with E-state index in [-0.39, 0.29) is 23.9 Å². The maximum absolute atomic E-state index is 11.7. The molecule has 164 valence electrons. The minimum atomic E-state index is -0.466. The third kappa shape index (κ3) is 4.16. The molecule has 1 aliphatic rings. The highest BCUT2D eigenvalue weighted by atomic mass is 32.1. The van der Waals surface area contributed by atoms with E-state index in [1.807, 2.05) is 23.6 Å². The molecular formula is C22H16N6O4S. The fraction of sp³-hybridized carbons (Fsp3) is 0.0455. The van der Waals surface area contributed by atoms with Crippen molar-refractivity contribution < 1.29 is 14.5 Å². The maximum atomic E-state index is 11.7. The van der Waals surface area contributed by atoms with Gasteiger partial charge < -0.3 is 15.0 Å². The molecule has 4 aromatic rings. The van der Waals surface area contributed by atoms with Crippen LogP contribution in [0.3, 0.4) is 0 Å². The van der Waals surface area contributed by atoms with E-state index in [0.717, 1.165) is 11.3 Å². The van der Waals surface area contributed by atoms with E-state index in [1.165, 1.54) is 17.4 Å². The number of nitro benzene ring substituents is 1. The number of benzene rings is 2. The number of ether oxygens (including phenoxy) is 1. The van der Waals surface area contributed by atoms with Gasteiger partial charge in [0.2, 0.25) is 4.80 Å². The number of carbonyl (C=O) groups is 1. The minimum Gasteiger partial charge on any atom is -0.482 e. The third-order valence-corrected chi connectivity index (χ3v) is 5.64. The molecule has 0 aliphatic carbocycles. The smallest absolute Gasteiger partial charge is 0.294 e. The zero-order valence-electron chi connectivity index (χ0n) is 17.0. The lowest BCUT2D eigenvalue weighted by atomic mass is 10.1. The number of aromatic amines is 1. The van der Waals surface area contributed by atoms with E-state index < -0.39 is 4.92 Å². The molecule has 0 spiro atoms. The number of aromatic nitrogens is 2. The highest BCUT2D eigenvalue weighted by Gasteiger charge is 2.18. The Morgan fingerprint density at radius 2 is 2.06 bits per heavy atom. The fourth-order valence-corrected chi connectivity index (χ4v) is 4.14. The van der Waals surface area contributed by atoms with Gasteiger partial charge in [-0.1, -0.05) is 12.1 Å². The van der Waals surface area contributed by atoms with Crippen LogP contribution in [0.25, 0.3) is 11.3 Å². The number of H-pyrrole nitrogens is 1. The van der Waals surface area contributed by atoms with Crippen molar-refractivity contribution in [2.75, 3.05) is 11.9 Å². The van der Waals surface area contributed by atoms with Crippen molar-refractivity contribution in [3.05, 3.63) is 86.8 Å². The van der Waals surface area contributed by atoms with Crippen LogP contribution in [0.4, 0.5) is 17.1 Å². The number of rotatable bonds is 5. The van der Waals surface area contributed by atoms with Gasteiger partial charge in [-0.25, -0.2) is 9.67 Å². The SMILES string of the molecule is O=C1COc2ccc(-c3csc(=Nc4ccccc4[N+](=O)[O-])n3N=Cc3ccc[nH]3)cc2N1. The van der Waals surface area contributed by atoms with Crippen molar-refractivity contribution in [1.29, 1.82) is 0 Å². The summed E-state index contributed by atoms with van der Waals surface area (Å²) in [5.41, 5.74) is 2.94. The Hall–Kier alpha value is -4.51. The Bertz CT molecular complexity index is 1450. The average Bonchev–Trinajstić information content (AvgIpc) is 3.47. The molecule has 1 aliphatic heterocycles. The van der Waals surface area contributed by atoms with Crippen LogP contribution in [-0.4, -0.2) is 33.3 Å². The van der Waals surface area contributed by atoms with Crippen LogP contribution >= 0.6 is 11.3 Å². The first-order valence-electron chi connectivity index (χ1n) is 9.82. The normalized spacial score (nSPS) is 13.6. The molecule has 2 N–H and O–H groups in total. The molecule has 3 heterocycles. The summed E-state index contributed by atoms with van der Waals surface area (Å²) in [7, 11) is 0. The van der Waals surface area contributed by atoms with Gasteiger partial charge >= 0.3 is 0 Å². The highest BCUT2D eigenvalue weighted by Crippen LogP contribution is 2.33. The number of amides is 1. The molecule has 0 unspecified atom stereocenters. The predicted molar refractivity (Wildman–Crippen MR) is 124 cm³/mol. The number of hydrogen-bond acceptors (Lipinski definition) is 7. The first kappa shape index (κ1) is 20.4. The van der Waals surface area contributed by atoms with Crippen molar-refractivity contribution in [1.82, 2.24) is 9.66 Å². The number of anilines is 1. The standard InChI is InChI=1S/C22H16N6O4S/c29-21-12-32-20-8-7-14(10-17(20)25-21)19-13-33-22(27(19)24-11-15-4-3-9-23-15)26-16-5-1-2-6-18(16)28(30)31/h1-11,13,23H,12H2,(H,25,29). The molecule has 10 nitrogen and oxygen atoms in total. The largest absolute Gasteiger partial charge is 0.482 e. The molecule has 33 heavy (non-hydrogen) atoms. The number of thiazole rings is 1. The Labute approximate surface area is 190 Å². The lowest BCUT2D eigenvalue weighted by molar-refractivity contribution is -0.384. The number of nitrogens with one attached hydrogen (secondary N) is 2. The fourth-order valence-electron chi connectivity index (χ4n) is 3.29. The van der Waals surface area contributed by atoms with Crippen LogP contribution in [0, 0.1) is 10.1 Å². The molecule has 0 saturated heterocycles. The number of nitro groups is 1. The molecule has 5 rings (SSSR count). The zero-order valence-corrected chi connectivity index (χ0v) is 17.8. The lowest BCUT2D eigenvalue weighted by Gasteiger charge is -2.18. The summed E-state index contributed by atoms with van der Waals surface area (Å²) in [5, 5.41) is 20.7. The van der Waals surface area contributed by atoms with Crippen LogP contribution < -0.4 is 14.9 Å². The van der Waals surface area contributed by atoms with Gasteiger partial charge in [0, 0.05) is 23.2 Å². The lowest BCUT2D eigenvalue weighted by Crippen LogP contribution is -2.25. The molecule has 0 saturated carbocycles. The Morgan fingerprint density at radius 3 is 2.88 bits per heavy atom. The van der Waals surface area contributed by atoms with Crippen molar-refractivity contribution in [3.8, 4) is 17.0 Å². The molecule has 2 aromatic carbocycles. The quantitative estimate of drug-likeness (QED) is 0.266. The summed E-state index contributed by atoms with van der Waals surface area (Å²) in [6.07, 6.45) is 3.42. The highest BCUT2D eigenvalue weighted by molar-refractivity contribution is 7.07. The summed E-state index contributed by atoms with van der Waals surface area (Å²) in [6, 6.07) is 15.4. The summed E-state index contributed by atoms with van der Waals surface area (Å²) in [6.45, 7) is -0.0237. The average molecular weight is 460 g/mol. The monoisotopic (exact) mass is 460 g/mol. The van der Waals surface area contributed by atoms with E-state index in [2.05, 4.69) is 20.4 Å². The van der Waals surface area contributed by atoms with E-state index in [1.54, 1.807) is 47.4 Å². The minimum absolute atomic E-state index is 0.0237. The van der Waals surface area contributed by atoms with E-state index in [4.69, 9.17) is 4.74 Å². The van der Waals surface area contributed by atoms with Gasteiger partial charge in [-0.05, 0) is 36.4 Å². The number of nitrogens with zero attached hydrogens (tertiary/aromatic N) is 4. The Morgan fingerprint density at radius 1 is 1.18 bits per heavy atom. The van der Waals surface area contributed by atoms with Crippen LogP contribution in [0.2, 0.25) is 0 Å². The number of hydrogen-bond donors (Lipinski definition) is 2. The van der Waals surface area contributed by atoms with Gasteiger partial charge in [0.05, 0.1) is 28.2 Å². The molecule has 1 amide bonds. The van der Waals surface area contributed by atoms with Gasteiger partial charge in [0.25, 0.3) is 11.6 Å². The molecule has 2 aromatic heterocycles. The predicted octanol–water partition coefficient (Wildman–Crippen LogP) is 3.90. The summed E-state index contributed by atoms with van der Waals surface area (Å²) in [4.78, 5) is 30.7. The van der Waals surface area contributed by atoms with Gasteiger partial charge in [-0.15, -0.1) is 11.3 Å². The van der Waals surface area contributed by atoms with E-state index in [0.29, 0.717) is 21.9 Å². The van der Waals surface area contributed by atoms with Crippen molar-refractivity contribution in [2.45, 2.75) is 0 Å². The Balaban J connectivity index is 1.66. The zero-order chi connectivity index (χ0) is 22.8. The second kappa shape index (κ2) is 8.55.